The molecule has 4 N–H and O–H groups in total. The van der Waals surface area contributed by atoms with Gasteiger partial charge in [0.2, 0.25) is 0 Å². The molecule has 0 amide bonds. The van der Waals surface area contributed by atoms with Crippen molar-refractivity contribution < 1.29 is 106 Å². The summed E-state index contributed by atoms with van der Waals surface area (Å²) >= 11 is 0. The summed E-state index contributed by atoms with van der Waals surface area (Å²) in [6, 6.07) is 33.1. The van der Waals surface area contributed by atoms with E-state index in [4.69, 9.17) is 47.4 Å². The van der Waals surface area contributed by atoms with Crippen LogP contribution in [0.2, 0.25) is 0 Å². The quantitative estimate of drug-likeness (QED) is 0.0366. The molecule has 0 spiro atoms. The van der Waals surface area contributed by atoms with Crippen LogP contribution in [0.15, 0.2) is 97.1 Å². The number of rotatable bonds is 26. The van der Waals surface area contributed by atoms with E-state index < -0.39 is 83.9 Å². The van der Waals surface area contributed by atoms with Crippen LogP contribution in [0.1, 0.15) is 342 Å². The lowest BCUT2D eigenvalue weighted by molar-refractivity contribution is -0.146. The van der Waals surface area contributed by atoms with Gasteiger partial charge in [0.25, 0.3) is 0 Å². The van der Waals surface area contributed by atoms with E-state index in [2.05, 4.69) is 215 Å². The first kappa shape index (κ1) is 109. The number of Topliss-reactive ketones (excluding diaryl/α,β-unsaturated/α-hetero) is 2. The molecule has 0 radical (unpaired) electrons. The Morgan fingerprint density at radius 2 is 0.328 bits per heavy atom. The second-order valence-corrected chi connectivity index (χ2v) is 43.3. The van der Waals surface area contributed by atoms with Crippen molar-refractivity contribution >= 4 is 47.4 Å². The van der Waals surface area contributed by atoms with Gasteiger partial charge in [-0.3, -0.25) is 9.59 Å². The van der Waals surface area contributed by atoms with E-state index in [0.29, 0.717) is 116 Å². The Balaban J connectivity index is 0.000000361. The van der Waals surface area contributed by atoms with Crippen molar-refractivity contribution in [2.45, 2.75) is 303 Å². The Kier molecular flexibility index (Phi) is 35.7. The lowest BCUT2D eigenvalue weighted by Gasteiger charge is -2.29. The highest BCUT2D eigenvalue weighted by molar-refractivity contribution is 5.79. The van der Waals surface area contributed by atoms with E-state index in [-0.39, 0.29) is 113 Å². The predicted molar refractivity (Wildman–Crippen MR) is 526 cm³/mol. The molecule has 0 aliphatic heterocycles. The van der Waals surface area contributed by atoms with Crippen LogP contribution in [0.4, 0.5) is 0 Å². The van der Waals surface area contributed by atoms with Gasteiger partial charge in [-0.15, -0.1) is 0 Å². The Labute approximate surface area is 795 Å². The number of carbonyl (C=O) groups is 8. The number of fused-ring (bicyclic) bond motifs is 16. The molecule has 0 aromatic heterocycles. The highest BCUT2D eigenvalue weighted by Crippen LogP contribution is 2.49. The van der Waals surface area contributed by atoms with E-state index >= 15 is 0 Å². The van der Waals surface area contributed by atoms with Crippen LogP contribution in [-0.2, 0) is 143 Å². The first-order valence-corrected chi connectivity index (χ1v) is 45.6. The Morgan fingerprint density at radius 1 is 0.216 bits per heavy atom. The number of ketones is 2. The standard InChI is InChI=1S/C58H76O10.C52H64O12.2CH4/c1-17-63-49(61)33-67-53-41-20-39-25-45(55(5,6)7)23-37(51(39)65-31-35(3)59)19-38-24-46(56(8,9)10)26-40(52(38)66-32-36(4)60)21-42-28-48(58(14,15)16)30-44(54(42)68-34-50(62)64-18-2)22-43(53)29-47(27-41)57(11,12)13;1-49(2,3)37-17-29-13-31-19-38(50(4,5)6)21-33(46(31)62-26-42(55)56)15-35-23-40(52(10,11)12)24-36(48(35)64-28-44(59)60)16-34-22-39(51(7,8)9)20-32(47(34)63-27-43(57)58)14-30(18-37)45(29)61-25-41(53)54;;/h23-30H,17-22,31-34H2,1-16H3;17-24H,13-16,25-28H2,1-12H3,(H,53,54)(H,55,56)(H,57,58)(H,59,60);2*1H4. The van der Waals surface area contributed by atoms with Crippen LogP contribution in [0.25, 0.3) is 0 Å². The molecule has 16 bridgehead atoms. The third-order valence-electron chi connectivity index (χ3n) is 23.4. The van der Waals surface area contributed by atoms with E-state index in [1.54, 1.807) is 13.8 Å². The van der Waals surface area contributed by atoms with Crippen molar-refractivity contribution in [2.75, 3.05) is 66.1 Å². The lowest BCUT2D eigenvalue weighted by Crippen LogP contribution is -2.20. The Bertz CT molecular complexity index is 5050. The number of carboxylic acids is 4. The average molecular weight is 1850 g/mol. The zero-order valence-corrected chi connectivity index (χ0v) is 83.1. The van der Waals surface area contributed by atoms with Crippen LogP contribution < -0.4 is 37.9 Å². The second kappa shape index (κ2) is 43.8. The maximum atomic E-state index is 13.1. The second-order valence-electron chi connectivity index (χ2n) is 43.3. The largest absolute Gasteiger partial charge is 0.485 e. The number of benzene rings is 8. The number of esters is 2. The zero-order valence-electron chi connectivity index (χ0n) is 83.1. The number of carbonyl (C=O) groups excluding carboxylic acids is 4. The van der Waals surface area contributed by atoms with Crippen LogP contribution in [0.5, 0.6) is 46.0 Å². The van der Waals surface area contributed by atoms with Gasteiger partial charge in [0.1, 0.15) is 59.2 Å². The molecule has 2 aliphatic carbocycles. The lowest BCUT2D eigenvalue weighted by atomic mass is 9.79. The molecule has 8 aromatic carbocycles. The van der Waals surface area contributed by atoms with Crippen LogP contribution in [0.3, 0.4) is 0 Å². The number of carboxylic acid groups (broad SMARTS) is 4. The molecule has 8 aromatic rings. The van der Waals surface area contributed by atoms with E-state index in [1.807, 2.05) is 48.5 Å². The van der Waals surface area contributed by atoms with Crippen molar-refractivity contribution in [3.05, 3.63) is 231 Å². The van der Waals surface area contributed by atoms with Crippen molar-refractivity contribution in [3.63, 3.8) is 0 Å². The van der Waals surface area contributed by atoms with Gasteiger partial charge in [0.05, 0.1) is 13.2 Å². The monoisotopic (exact) mass is 1850 g/mol. The highest BCUT2D eigenvalue weighted by Gasteiger charge is 2.35. The molecule has 728 valence electrons. The molecule has 134 heavy (non-hydrogen) atoms. The number of hydrogen-bond acceptors (Lipinski definition) is 18. The smallest absolute Gasteiger partial charge is 0.344 e. The van der Waals surface area contributed by atoms with Gasteiger partial charge >= 0.3 is 35.8 Å². The number of ether oxygens (including phenoxy) is 10. The van der Waals surface area contributed by atoms with Gasteiger partial charge < -0.3 is 67.8 Å². The molecule has 2 aliphatic rings. The molecule has 0 fully saturated rings. The molecule has 0 atom stereocenters. The fourth-order valence-electron chi connectivity index (χ4n) is 16.3. The minimum atomic E-state index is -1.18. The molecule has 22 heteroatoms. The molecule has 0 unspecified atom stereocenters. The summed E-state index contributed by atoms with van der Waals surface area (Å²) < 4.78 is 62.4. The summed E-state index contributed by atoms with van der Waals surface area (Å²) in [4.78, 5) is 101. The normalized spacial score (nSPS) is 12.9. The first-order valence-electron chi connectivity index (χ1n) is 45.6. The summed E-state index contributed by atoms with van der Waals surface area (Å²) in [6.45, 7) is 54.3. The highest BCUT2D eigenvalue weighted by atomic mass is 16.6. The van der Waals surface area contributed by atoms with E-state index in [9.17, 15) is 58.8 Å². The first-order chi connectivity index (χ1) is 61.1. The molecule has 22 nitrogen and oxygen atoms in total. The van der Waals surface area contributed by atoms with Crippen LogP contribution >= 0.6 is 0 Å². The summed E-state index contributed by atoms with van der Waals surface area (Å²) in [5.74, 6) is -2.46. The number of aliphatic carboxylic acids is 4. The fourth-order valence-corrected chi connectivity index (χ4v) is 16.3. The maximum absolute atomic E-state index is 13.1. The van der Waals surface area contributed by atoms with E-state index in [1.165, 1.54) is 13.8 Å². The average Bonchev–Trinajstić information content (AvgIpc) is 0.760. The maximum Gasteiger partial charge on any atom is 0.344 e. The molecule has 0 saturated heterocycles. The summed E-state index contributed by atoms with van der Waals surface area (Å²) in [5, 5.41) is 39.9. The summed E-state index contributed by atoms with van der Waals surface area (Å²) in [5.41, 5.74) is 16.8. The third kappa shape index (κ3) is 29.2. The summed E-state index contributed by atoms with van der Waals surface area (Å²) in [6.07, 6.45) is 1.84. The van der Waals surface area contributed by atoms with Gasteiger partial charge in [0.15, 0.2) is 51.2 Å². The topological polar surface area (TPSA) is 310 Å². The molecular weight excluding hydrogens is 1700 g/mol. The van der Waals surface area contributed by atoms with Crippen LogP contribution in [-0.4, -0.2) is 134 Å². The molecule has 10 rings (SSSR count). The molecule has 0 heterocycles. The van der Waals surface area contributed by atoms with Gasteiger partial charge in [-0.1, -0.05) is 278 Å². The Hall–Kier alpha value is -11.7. The van der Waals surface area contributed by atoms with Crippen molar-refractivity contribution in [1.29, 1.82) is 0 Å². The van der Waals surface area contributed by atoms with Gasteiger partial charge in [0, 0.05) is 51.4 Å². The fraction of sp³-hybridized carbons (Fsp3) is 0.500. The zero-order chi connectivity index (χ0) is 98.2. The SMILES string of the molecule is C.C.CC(C)(C)c1cc2c(OCC(=O)O)c(c1)Cc1cc(C(C)(C)C)cc(c1OCC(=O)O)Cc1cc(C(C)(C)C)cc(c1OCC(=O)O)Cc1cc(C(C)(C)C)cc(c1OCC(=O)O)C2.CCOC(=O)COc1c2cc(C(C)(C)C)cc1Cc1cc(C(C)(C)C)cc(c1OCC(=O)OCC)Cc1cc(C(C)(C)C)cc(c1OCC(C)=O)Cc1cc(C(C)(C)C)cc(c1OCC(C)=O)C2. The minimum absolute atomic E-state index is 0. The van der Waals surface area contributed by atoms with Crippen molar-refractivity contribution in [3.8, 4) is 46.0 Å². The van der Waals surface area contributed by atoms with Crippen molar-refractivity contribution in [1.82, 2.24) is 0 Å². The molecular formula is C112H148O22. The number of hydrogen-bond donors (Lipinski definition) is 4. The van der Waals surface area contributed by atoms with Crippen LogP contribution in [0, 0.1) is 0 Å². The van der Waals surface area contributed by atoms with E-state index in [0.717, 1.165) is 89.0 Å². The van der Waals surface area contributed by atoms with Gasteiger partial charge in [-0.25, -0.2) is 28.8 Å². The summed E-state index contributed by atoms with van der Waals surface area (Å²) in [7, 11) is 0. The van der Waals surface area contributed by atoms with Gasteiger partial charge in [-0.05, 0) is 205 Å². The molecule has 0 saturated carbocycles. The van der Waals surface area contributed by atoms with Crippen molar-refractivity contribution in [2.24, 2.45) is 0 Å². The predicted octanol–water partition coefficient (Wildman–Crippen LogP) is 22.1. The Morgan fingerprint density at radius 3 is 0.425 bits per heavy atom. The van der Waals surface area contributed by atoms with Gasteiger partial charge in [-0.2, -0.15) is 0 Å². The minimum Gasteiger partial charge on any atom is -0.485 e. The third-order valence-corrected chi connectivity index (χ3v) is 23.4.